The molecule has 106 valence electrons. The van der Waals surface area contributed by atoms with Gasteiger partial charge in [0.2, 0.25) is 0 Å². The van der Waals surface area contributed by atoms with Crippen LogP contribution >= 0.6 is 0 Å². The number of hydrogen-bond donors (Lipinski definition) is 0. The van der Waals surface area contributed by atoms with E-state index in [4.69, 9.17) is 5.26 Å². The van der Waals surface area contributed by atoms with E-state index in [1.807, 2.05) is 0 Å². The molecular weight excluding hydrogens is 275 g/mol. The van der Waals surface area contributed by atoms with Crippen molar-refractivity contribution in [2.75, 3.05) is 6.61 Å². The highest BCUT2D eigenvalue weighted by Gasteiger charge is 2.31. The molecule has 1 aromatic carbocycles. The number of ether oxygens (including phenoxy) is 2. The Bertz CT molecular complexity index is 559. The van der Waals surface area contributed by atoms with Crippen LogP contribution in [0.5, 0.6) is 5.75 Å². The Balaban J connectivity index is 3.00. The Morgan fingerprint density at radius 1 is 1.45 bits per heavy atom. The normalized spacial score (nSPS) is 11.7. The summed E-state index contributed by atoms with van der Waals surface area (Å²) in [6.45, 7) is 1.67. The summed E-state index contributed by atoms with van der Waals surface area (Å²) < 4.78 is 44.6. The van der Waals surface area contributed by atoms with Crippen molar-refractivity contribution in [3.05, 3.63) is 35.4 Å². The molecule has 0 heterocycles. The second kappa shape index (κ2) is 6.61. The largest absolute Gasteiger partial charge is 0.573 e. The van der Waals surface area contributed by atoms with Gasteiger partial charge in [-0.15, -0.1) is 13.2 Å². The molecule has 0 spiro atoms. The minimum absolute atomic E-state index is 0.0923. The van der Waals surface area contributed by atoms with Gasteiger partial charge >= 0.3 is 12.3 Å². The number of rotatable bonds is 4. The van der Waals surface area contributed by atoms with Gasteiger partial charge in [0.1, 0.15) is 17.4 Å². The van der Waals surface area contributed by atoms with E-state index in [1.54, 1.807) is 13.0 Å². The smallest absolute Gasteiger partial charge is 0.462 e. The number of carbonyl (C=O) groups is 1. The zero-order valence-corrected chi connectivity index (χ0v) is 10.4. The van der Waals surface area contributed by atoms with Crippen molar-refractivity contribution >= 4 is 12.0 Å². The van der Waals surface area contributed by atoms with Crippen molar-refractivity contribution in [3.63, 3.8) is 0 Å². The van der Waals surface area contributed by atoms with Crippen molar-refractivity contribution in [1.82, 2.24) is 0 Å². The maximum atomic E-state index is 12.1. The topological polar surface area (TPSA) is 59.3 Å². The number of alkyl halides is 3. The maximum Gasteiger partial charge on any atom is 0.573 e. The van der Waals surface area contributed by atoms with Gasteiger partial charge in [-0.25, -0.2) is 4.79 Å². The lowest BCUT2D eigenvalue weighted by molar-refractivity contribution is -0.274. The van der Waals surface area contributed by atoms with Crippen LogP contribution in [0.25, 0.3) is 6.08 Å². The fourth-order valence-electron chi connectivity index (χ4n) is 1.31. The number of benzene rings is 1. The number of nitrogens with zero attached hydrogens (tertiary/aromatic N) is 1. The van der Waals surface area contributed by atoms with E-state index in [0.717, 1.165) is 18.2 Å². The summed E-state index contributed by atoms with van der Waals surface area (Å²) in [5.74, 6) is -1.27. The summed E-state index contributed by atoms with van der Waals surface area (Å²) in [5, 5.41) is 8.81. The molecule has 0 unspecified atom stereocenters. The third-order valence-electron chi connectivity index (χ3n) is 2.02. The van der Waals surface area contributed by atoms with Crippen LogP contribution in [0.3, 0.4) is 0 Å². The molecule has 0 amide bonds. The molecule has 0 aromatic heterocycles. The van der Waals surface area contributed by atoms with Crippen molar-refractivity contribution in [1.29, 1.82) is 5.26 Å². The van der Waals surface area contributed by atoms with E-state index in [0.29, 0.717) is 0 Å². The van der Waals surface area contributed by atoms with Crippen molar-refractivity contribution < 1.29 is 27.4 Å². The van der Waals surface area contributed by atoms with Gasteiger partial charge in [0.05, 0.1) is 6.61 Å². The van der Waals surface area contributed by atoms with E-state index in [2.05, 4.69) is 9.47 Å². The zero-order valence-electron chi connectivity index (χ0n) is 10.4. The van der Waals surface area contributed by atoms with Gasteiger partial charge in [0.25, 0.3) is 0 Å². The first-order chi connectivity index (χ1) is 9.35. The minimum atomic E-state index is -4.80. The first kappa shape index (κ1) is 15.6. The molecule has 1 aromatic rings. The third-order valence-corrected chi connectivity index (χ3v) is 2.02. The van der Waals surface area contributed by atoms with Crippen LogP contribution in [-0.2, 0) is 9.53 Å². The fraction of sp³-hybridized carbons (Fsp3) is 0.231. The number of halogens is 3. The Kier molecular flexibility index (Phi) is 5.15. The molecule has 0 aliphatic rings. The van der Waals surface area contributed by atoms with Gasteiger partial charge in [0.15, 0.2) is 0 Å². The SMILES string of the molecule is CCOC(=O)C(C#N)=Cc1cccc(OC(F)(F)F)c1. The highest BCUT2D eigenvalue weighted by molar-refractivity contribution is 5.97. The summed E-state index contributed by atoms with van der Waals surface area (Å²) in [6, 6.07) is 6.54. The standard InChI is InChI=1S/C13H10F3NO3/c1-2-19-12(18)10(8-17)6-9-4-3-5-11(7-9)20-13(14,15)16/h3-7H,2H2,1H3. The van der Waals surface area contributed by atoms with E-state index in [-0.39, 0.29) is 17.7 Å². The Morgan fingerprint density at radius 2 is 2.15 bits per heavy atom. The first-order valence-electron chi connectivity index (χ1n) is 5.50. The summed E-state index contributed by atoms with van der Waals surface area (Å²) in [4.78, 5) is 11.4. The second-order valence-electron chi connectivity index (χ2n) is 3.51. The van der Waals surface area contributed by atoms with Crippen LogP contribution in [0.2, 0.25) is 0 Å². The molecule has 0 aliphatic carbocycles. The van der Waals surface area contributed by atoms with Crippen LogP contribution in [0.1, 0.15) is 12.5 Å². The summed E-state index contributed by atoms with van der Waals surface area (Å²) in [6.07, 6.45) is -3.68. The van der Waals surface area contributed by atoms with Crippen molar-refractivity contribution in [3.8, 4) is 11.8 Å². The van der Waals surface area contributed by atoms with E-state index < -0.39 is 18.1 Å². The van der Waals surface area contributed by atoms with Crippen LogP contribution in [0.4, 0.5) is 13.2 Å². The molecule has 0 aliphatic heterocycles. The summed E-state index contributed by atoms with van der Waals surface area (Å²) in [7, 11) is 0. The quantitative estimate of drug-likeness (QED) is 0.484. The van der Waals surface area contributed by atoms with Gasteiger partial charge in [-0.05, 0) is 30.7 Å². The number of nitriles is 1. The first-order valence-corrected chi connectivity index (χ1v) is 5.50. The molecule has 0 atom stereocenters. The predicted octanol–water partition coefficient (Wildman–Crippen LogP) is 3.06. The number of carbonyl (C=O) groups excluding carboxylic acids is 1. The lowest BCUT2D eigenvalue weighted by Gasteiger charge is -2.09. The Morgan fingerprint density at radius 3 is 2.70 bits per heavy atom. The number of hydrogen-bond acceptors (Lipinski definition) is 4. The van der Waals surface area contributed by atoms with Crippen LogP contribution < -0.4 is 4.74 Å². The van der Waals surface area contributed by atoms with Crippen LogP contribution in [0.15, 0.2) is 29.8 Å². The predicted molar refractivity (Wildman–Crippen MR) is 63.3 cm³/mol. The average molecular weight is 285 g/mol. The molecular formula is C13H10F3NO3. The highest BCUT2D eigenvalue weighted by atomic mass is 19.4. The van der Waals surface area contributed by atoms with Gasteiger partial charge < -0.3 is 9.47 Å². The van der Waals surface area contributed by atoms with Gasteiger partial charge in [-0.3, -0.25) is 0 Å². The lowest BCUT2D eigenvalue weighted by Crippen LogP contribution is -2.17. The monoisotopic (exact) mass is 285 g/mol. The van der Waals surface area contributed by atoms with E-state index >= 15 is 0 Å². The van der Waals surface area contributed by atoms with Crippen molar-refractivity contribution in [2.45, 2.75) is 13.3 Å². The molecule has 7 heteroatoms. The molecule has 1 rings (SSSR count). The van der Waals surface area contributed by atoms with Crippen LogP contribution in [0, 0.1) is 11.3 Å². The van der Waals surface area contributed by atoms with Gasteiger partial charge in [0, 0.05) is 0 Å². The minimum Gasteiger partial charge on any atom is -0.462 e. The summed E-state index contributed by atoms with van der Waals surface area (Å²) in [5.41, 5.74) is -0.0904. The zero-order chi connectivity index (χ0) is 15.2. The molecule has 0 radical (unpaired) electrons. The van der Waals surface area contributed by atoms with Gasteiger partial charge in [-0.1, -0.05) is 12.1 Å². The van der Waals surface area contributed by atoms with E-state index in [1.165, 1.54) is 12.1 Å². The molecule has 0 saturated heterocycles. The molecule has 0 N–H and O–H groups in total. The average Bonchev–Trinajstić information content (AvgIpc) is 2.34. The third kappa shape index (κ3) is 5.02. The Hall–Kier alpha value is -2.49. The molecule has 20 heavy (non-hydrogen) atoms. The lowest BCUT2D eigenvalue weighted by atomic mass is 10.1. The maximum absolute atomic E-state index is 12.1. The van der Waals surface area contributed by atoms with E-state index in [9.17, 15) is 18.0 Å². The molecule has 0 bridgehead atoms. The van der Waals surface area contributed by atoms with Crippen LogP contribution in [-0.4, -0.2) is 18.9 Å². The summed E-state index contributed by atoms with van der Waals surface area (Å²) >= 11 is 0. The molecule has 0 fully saturated rings. The second-order valence-corrected chi connectivity index (χ2v) is 3.51. The number of esters is 1. The van der Waals surface area contributed by atoms with Gasteiger partial charge in [-0.2, -0.15) is 5.26 Å². The van der Waals surface area contributed by atoms with Crippen molar-refractivity contribution in [2.24, 2.45) is 0 Å². The highest BCUT2D eigenvalue weighted by Crippen LogP contribution is 2.24. The fourth-order valence-corrected chi connectivity index (χ4v) is 1.31. The molecule has 0 saturated carbocycles. The Labute approximate surface area is 113 Å². The molecule has 4 nitrogen and oxygen atoms in total.